The van der Waals surface area contributed by atoms with Gasteiger partial charge in [-0.2, -0.15) is 0 Å². The van der Waals surface area contributed by atoms with Crippen LogP contribution in [-0.2, 0) is 11.3 Å². The van der Waals surface area contributed by atoms with E-state index in [0.29, 0.717) is 13.2 Å². The van der Waals surface area contributed by atoms with E-state index in [2.05, 4.69) is 0 Å². The van der Waals surface area contributed by atoms with Crippen LogP contribution in [0.15, 0.2) is 18.2 Å². The van der Waals surface area contributed by atoms with Gasteiger partial charge in [0.05, 0.1) is 11.5 Å². The lowest BCUT2D eigenvalue weighted by Gasteiger charge is -2.03. The standard InChI is InChI=1S/C10H14N2O3/c1-2-5-15-7-8-3-4-9(11)10(6-8)12(13)14/h3-4,6H,2,5,7,11H2,1H3. The minimum atomic E-state index is -0.487. The number of nitrogen functional groups attached to an aromatic ring is 1. The molecule has 0 heterocycles. The van der Waals surface area contributed by atoms with Crippen LogP contribution in [0.5, 0.6) is 0 Å². The van der Waals surface area contributed by atoms with Crippen molar-refractivity contribution in [3.8, 4) is 0 Å². The Hall–Kier alpha value is -1.62. The molecule has 0 bridgehead atoms. The molecule has 0 aliphatic rings. The van der Waals surface area contributed by atoms with Gasteiger partial charge in [0, 0.05) is 12.7 Å². The topological polar surface area (TPSA) is 78.4 Å². The normalized spacial score (nSPS) is 10.2. The molecule has 1 aromatic carbocycles. The van der Waals surface area contributed by atoms with Crippen molar-refractivity contribution in [2.45, 2.75) is 20.0 Å². The van der Waals surface area contributed by atoms with Gasteiger partial charge in [-0.3, -0.25) is 10.1 Å². The third-order valence-corrected chi connectivity index (χ3v) is 1.91. The molecule has 1 aromatic rings. The molecule has 0 atom stereocenters. The van der Waals surface area contributed by atoms with Gasteiger partial charge >= 0.3 is 0 Å². The molecule has 0 aliphatic heterocycles. The van der Waals surface area contributed by atoms with Crippen LogP contribution in [0.3, 0.4) is 0 Å². The average molecular weight is 210 g/mol. The minimum absolute atomic E-state index is 0.0624. The average Bonchev–Trinajstić information content (AvgIpc) is 2.20. The van der Waals surface area contributed by atoms with E-state index in [9.17, 15) is 10.1 Å². The summed E-state index contributed by atoms with van der Waals surface area (Å²) in [7, 11) is 0. The molecule has 0 amide bonds. The number of benzene rings is 1. The maximum Gasteiger partial charge on any atom is 0.292 e. The maximum absolute atomic E-state index is 10.6. The molecular weight excluding hydrogens is 196 g/mol. The second-order valence-corrected chi connectivity index (χ2v) is 3.20. The van der Waals surface area contributed by atoms with Gasteiger partial charge < -0.3 is 10.5 Å². The van der Waals surface area contributed by atoms with Crippen molar-refractivity contribution in [2.24, 2.45) is 0 Å². The van der Waals surface area contributed by atoms with Crippen molar-refractivity contribution in [2.75, 3.05) is 12.3 Å². The van der Waals surface area contributed by atoms with Crippen LogP contribution in [0.1, 0.15) is 18.9 Å². The van der Waals surface area contributed by atoms with Gasteiger partial charge in [0.25, 0.3) is 5.69 Å². The van der Waals surface area contributed by atoms with Crippen LogP contribution >= 0.6 is 0 Å². The summed E-state index contributed by atoms with van der Waals surface area (Å²) in [5.74, 6) is 0. The van der Waals surface area contributed by atoms with Crippen molar-refractivity contribution in [3.05, 3.63) is 33.9 Å². The van der Waals surface area contributed by atoms with Crippen LogP contribution in [0.4, 0.5) is 11.4 Å². The van der Waals surface area contributed by atoms with Crippen molar-refractivity contribution >= 4 is 11.4 Å². The van der Waals surface area contributed by atoms with Crippen LogP contribution in [0, 0.1) is 10.1 Å². The van der Waals surface area contributed by atoms with Gasteiger partial charge in [-0.05, 0) is 18.1 Å². The zero-order valence-corrected chi connectivity index (χ0v) is 8.60. The Balaban J connectivity index is 2.74. The molecule has 0 saturated carbocycles. The number of nitrogens with zero attached hydrogens (tertiary/aromatic N) is 1. The number of hydrogen-bond acceptors (Lipinski definition) is 4. The largest absolute Gasteiger partial charge is 0.393 e. The van der Waals surface area contributed by atoms with E-state index in [1.807, 2.05) is 6.92 Å². The summed E-state index contributed by atoms with van der Waals surface area (Å²) >= 11 is 0. The van der Waals surface area contributed by atoms with Crippen LogP contribution in [0.2, 0.25) is 0 Å². The lowest BCUT2D eigenvalue weighted by molar-refractivity contribution is -0.384. The highest BCUT2D eigenvalue weighted by molar-refractivity contribution is 5.59. The summed E-state index contributed by atoms with van der Waals surface area (Å²) in [5, 5.41) is 10.6. The third kappa shape index (κ3) is 3.21. The maximum atomic E-state index is 10.6. The number of nitrogens with two attached hydrogens (primary N) is 1. The Morgan fingerprint density at radius 1 is 1.53 bits per heavy atom. The summed E-state index contributed by atoms with van der Waals surface area (Å²) in [5.41, 5.74) is 6.35. The molecule has 0 aliphatic carbocycles. The van der Waals surface area contributed by atoms with Crippen LogP contribution in [0.25, 0.3) is 0 Å². The predicted molar refractivity (Wildman–Crippen MR) is 57.5 cm³/mol. The molecule has 15 heavy (non-hydrogen) atoms. The monoisotopic (exact) mass is 210 g/mol. The van der Waals surface area contributed by atoms with E-state index < -0.39 is 4.92 Å². The zero-order chi connectivity index (χ0) is 11.3. The summed E-state index contributed by atoms with van der Waals surface area (Å²) in [6.07, 6.45) is 0.928. The van der Waals surface area contributed by atoms with E-state index >= 15 is 0 Å². The number of anilines is 1. The summed E-state index contributed by atoms with van der Waals surface area (Å²) in [6.45, 7) is 3.04. The van der Waals surface area contributed by atoms with Crippen molar-refractivity contribution < 1.29 is 9.66 Å². The molecular formula is C10H14N2O3. The van der Waals surface area contributed by atoms with E-state index in [1.54, 1.807) is 6.07 Å². The van der Waals surface area contributed by atoms with Gasteiger partial charge in [0.1, 0.15) is 5.69 Å². The quantitative estimate of drug-likeness (QED) is 0.349. The fourth-order valence-corrected chi connectivity index (χ4v) is 1.17. The van der Waals surface area contributed by atoms with Crippen LogP contribution in [-0.4, -0.2) is 11.5 Å². The molecule has 0 spiro atoms. The molecule has 0 saturated heterocycles. The molecule has 0 radical (unpaired) electrons. The summed E-state index contributed by atoms with van der Waals surface area (Å²) in [4.78, 5) is 10.1. The number of ether oxygens (including phenoxy) is 1. The summed E-state index contributed by atoms with van der Waals surface area (Å²) in [6, 6.07) is 4.71. The van der Waals surface area contributed by atoms with Crippen molar-refractivity contribution in [1.29, 1.82) is 0 Å². The Labute approximate surface area is 88.0 Å². The lowest BCUT2D eigenvalue weighted by Crippen LogP contribution is -1.99. The smallest absolute Gasteiger partial charge is 0.292 e. The Bertz CT molecular complexity index is 353. The molecule has 1 rings (SSSR count). The Morgan fingerprint density at radius 2 is 2.27 bits per heavy atom. The van der Waals surface area contributed by atoms with Gasteiger partial charge in [-0.15, -0.1) is 0 Å². The number of nitro groups is 1. The highest BCUT2D eigenvalue weighted by atomic mass is 16.6. The predicted octanol–water partition coefficient (Wildman–Crippen LogP) is 2.10. The Kier molecular flexibility index (Phi) is 4.05. The first-order chi connectivity index (χ1) is 7.15. The van der Waals surface area contributed by atoms with Gasteiger partial charge in [-0.1, -0.05) is 13.0 Å². The molecule has 2 N–H and O–H groups in total. The zero-order valence-electron chi connectivity index (χ0n) is 8.60. The molecule has 82 valence electrons. The first kappa shape index (κ1) is 11.5. The highest BCUT2D eigenvalue weighted by Gasteiger charge is 2.11. The molecule has 5 heteroatoms. The first-order valence-corrected chi connectivity index (χ1v) is 4.75. The highest BCUT2D eigenvalue weighted by Crippen LogP contribution is 2.22. The van der Waals surface area contributed by atoms with Gasteiger partial charge in [-0.25, -0.2) is 0 Å². The van der Waals surface area contributed by atoms with Gasteiger partial charge in [0.2, 0.25) is 0 Å². The fourth-order valence-electron chi connectivity index (χ4n) is 1.17. The van der Waals surface area contributed by atoms with Crippen LogP contribution < -0.4 is 5.73 Å². The number of nitro benzene ring substituents is 1. The van der Waals surface area contributed by atoms with E-state index in [-0.39, 0.29) is 11.4 Å². The minimum Gasteiger partial charge on any atom is -0.393 e. The number of rotatable bonds is 5. The Morgan fingerprint density at radius 3 is 2.87 bits per heavy atom. The van der Waals surface area contributed by atoms with Crippen molar-refractivity contribution in [1.82, 2.24) is 0 Å². The SMILES string of the molecule is CCCOCc1ccc(N)c([N+](=O)[O-])c1. The first-order valence-electron chi connectivity index (χ1n) is 4.75. The van der Waals surface area contributed by atoms with E-state index in [0.717, 1.165) is 12.0 Å². The number of hydrogen-bond donors (Lipinski definition) is 1. The second-order valence-electron chi connectivity index (χ2n) is 3.20. The second kappa shape index (κ2) is 5.31. The third-order valence-electron chi connectivity index (χ3n) is 1.91. The van der Waals surface area contributed by atoms with E-state index in [1.165, 1.54) is 12.1 Å². The molecule has 5 nitrogen and oxygen atoms in total. The fraction of sp³-hybridized carbons (Fsp3) is 0.400. The lowest BCUT2D eigenvalue weighted by atomic mass is 10.2. The molecule has 0 fully saturated rings. The molecule has 0 unspecified atom stereocenters. The van der Waals surface area contributed by atoms with E-state index in [4.69, 9.17) is 10.5 Å². The molecule has 0 aromatic heterocycles. The summed E-state index contributed by atoms with van der Waals surface area (Å²) < 4.78 is 5.28. The van der Waals surface area contributed by atoms with Gasteiger partial charge in [0.15, 0.2) is 0 Å². The van der Waals surface area contributed by atoms with Crippen molar-refractivity contribution in [3.63, 3.8) is 0 Å².